The molecule has 0 amide bonds. The van der Waals surface area contributed by atoms with Crippen LogP contribution in [-0.2, 0) is 10.0 Å². The number of nitrogens with two attached hydrogens (primary N) is 1. The summed E-state index contributed by atoms with van der Waals surface area (Å²) in [5.41, 5.74) is 8.32. The molecule has 0 bridgehead atoms. The highest BCUT2D eigenvalue weighted by atomic mass is 79.9. The molecule has 0 unspecified atom stereocenters. The van der Waals surface area contributed by atoms with E-state index in [1.807, 2.05) is 32.0 Å². The minimum absolute atomic E-state index is 0.0725. The number of aryl methyl sites for hydroxylation is 2. The normalized spacial score (nSPS) is 11.3. The van der Waals surface area contributed by atoms with E-state index in [9.17, 15) is 8.42 Å². The topological polar surface area (TPSA) is 72.2 Å². The van der Waals surface area contributed by atoms with Crippen LogP contribution in [0.1, 0.15) is 11.1 Å². The fourth-order valence-electron chi connectivity index (χ4n) is 1.93. The number of hydrogen-bond acceptors (Lipinski definition) is 3. The Morgan fingerprint density at radius 3 is 2.25 bits per heavy atom. The Labute approximate surface area is 127 Å². The summed E-state index contributed by atoms with van der Waals surface area (Å²) in [6.07, 6.45) is 0. The second-order valence-corrected chi connectivity index (χ2v) is 7.12. The summed E-state index contributed by atoms with van der Waals surface area (Å²) in [6, 6.07) is 10.3. The number of para-hydroxylation sites is 1. The third-order valence-corrected chi connectivity index (χ3v) is 4.90. The van der Waals surface area contributed by atoms with Gasteiger partial charge in [-0.1, -0.05) is 34.1 Å². The maximum absolute atomic E-state index is 12.4. The van der Waals surface area contributed by atoms with E-state index >= 15 is 0 Å². The van der Waals surface area contributed by atoms with Gasteiger partial charge in [0.15, 0.2) is 0 Å². The molecule has 0 aliphatic heterocycles. The molecule has 0 saturated heterocycles. The number of hydrogen-bond donors (Lipinski definition) is 2. The number of nitrogens with one attached hydrogen (secondary N) is 1. The highest BCUT2D eigenvalue weighted by Gasteiger charge is 2.19. The highest BCUT2D eigenvalue weighted by Crippen LogP contribution is 2.27. The Morgan fingerprint density at radius 2 is 1.70 bits per heavy atom. The van der Waals surface area contributed by atoms with Crippen molar-refractivity contribution >= 4 is 37.3 Å². The summed E-state index contributed by atoms with van der Waals surface area (Å²) in [5, 5.41) is 0. The van der Waals surface area contributed by atoms with Crippen molar-refractivity contribution in [2.45, 2.75) is 18.7 Å². The Morgan fingerprint density at radius 1 is 1.10 bits per heavy atom. The molecule has 3 N–H and O–H groups in total. The molecule has 0 radical (unpaired) electrons. The van der Waals surface area contributed by atoms with Crippen LogP contribution in [0.4, 0.5) is 11.4 Å². The zero-order chi connectivity index (χ0) is 14.9. The van der Waals surface area contributed by atoms with E-state index in [1.165, 1.54) is 6.07 Å². The summed E-state index contributed by atoms with van der Waals surface area (Å²) in [5.74, 6) is 0. The fraction of sp³-hybridized carbons (Fsp3) is 0.143. The van der Waals surface area contributed by atoms with Gasteiger partial charge in [-0.2, -0.15) is 0 Å². The predicted octanol–water partition coefficient (Wildman–Crippen LogP) is 3.45. The fourth-order valence-corrected chi connectivity index (χ4v) is 3.62. The third kappa shape index (κ3) is 2.96. The molecule has 0 heterocycles. The second kappa shape index (κ2) is 5.46. The minimum atomic E-state index is -3.70. The highest BCUT2D eigenvalue weighted by molar-refractivity contribution is 9.10. The van der Waals surface area contributed by atoms with E-state index in [2.05, 4.69) is 20.7 Å². The first-order valence-electron chi connectivity index (χ1n) is 5.95. The van der Waals surface area contributed by atoms with Crippen molar-refractivity contribution < 1.29 is 8.42 Å². The summed E-state index contributed by atoms with van der Waals surface area (Å²) < 4.78 is 28.2. The monoisotopic (exact) mass is 354 g/mol. The SMILES string of the molecule is Cc1cccc(C)c1NS(=O)(=O)c1ccc(Br)cc1N. The molecule has 0 atom stereocenters. The maximum Gasteiger partial charge on any atom is 0.263 e. The average Bonchev–Trinajstić information content (AvgIpc) is 2.33. The maximum atomic E-state index is 12.4. The van der Waals surface area contributed by atoms with Crippen LogP contribution in [0.2, 0.25) is 0 Å². The molecule has 0 aliphatic carbocycles. The third-order valence-electron chi connectivity index (χ3n) is 2.98. The average molecular weight is 355 g/mol. The number of sulfonamides is 1. The molecule has 2 rings (SSSR count). The van der Waals surface area contributed by atoms with Crippen LogP contribution in [-0.4, -0.2) is 8.42 Å². The van der Waals surface area contributed by atoms with E-state index in [-0.39, 0.29) is 10.6 Å². The summed E-state index contributed by atoms with van der Waals surface area (Å²) in [6.45, 7) is 3.71. The molecule has 0 fully saturated rings. The molecule has 2 aromatic rings. The largest absolute Gasteiger partial charge is 0.398 e. The molecular weight excluding hydrogens is 340 g/mol. The summed E-state index contributed by atoms with van der Waals surface area (Å²) >= 11 is 3.26. The molecule has 0 aromatic heterocycles. The summed E-state index contributed by atoms with van der Waals surface area (Å²) in [4.78, 5) is 0.0725. The second-order valence-electron chi connectivity index (χ2n) is 4.55. The zero-order valence-electron chi connectivity index (χ0n) is 11.1. The number of rotatable bonds is 3. The number of nitrogen functional groups attached to an aromatic ring is 1. The standard InChI is InChI=1S/C14H15BrN2O2S/c1-9-4-3-5-10(2)14(9)17-20(18,19)13-7-6-11(15)8-12(13)16/h3-8,17H,16H2,1-2H3. The van der Waals surface area contributed by atoms with Gasteiger partial charge in [0.1, 0.15) is 4.90 Å². The molecule has 106 valence electrons. The van der Waals surface area contributed by atoms with E-state index in [1.54, 1.807) is 12.1 Å². The Kier molecular flexibility index (Phi) is 4.06. The smallest absolute Gasteiger partial charge is 0.263 e. The lowest BCUT2D eigenvalue weighted by Gasteiger charge is -2.14. The quantitative estimate of drug-likeness (QED) is 0.829. The number of anilines is 2. The van der Waals surface area contributed by atoms with Crippen molar-refractivity contribution in [3.05, 3.63) is 52.0 Å². The van der Waals surface area contributed by atoms with E-state index in [0.717, 1.165) is 15.6 Å². The Hall–Kier alpha value is -1.53. The molecule has 6 heteroatoms. The first-order chi connectivity index (χ1) is 9.31. The van der Waals surface area contributed by atoms with Crippen molar-refractivity contribution in [2.24, 2.45) is 0 Å². The van der Waals surface area contributed by atoms with Gasteiger partial charge >= 0.3 is 0 Å². The van der Waals surface area contributed by atoms with Crippen LogP contribution >= 0.6 is 15.9 Å². The first-order valence-corrected chi connectivity index (χ1v) is 8.23. The molecule has 4 nitrogen and oxygen atoms in total. The van der Waals surface area contributed by atoms with Gasteiger partial charge in [0.05, 0.1) is 11.4 Å². The van der Waals surface area contributed by atoms with Crippen LogP contribution in [0, 0.1) is 13.8 Å². The van der Waals surface area contributed by atoms with E-state index in [4.69, 9.17) is 5.73 Å². The Bertz CT molecular complexity index is 738. The Balaban J connectivity index is 2.46. The van der Waals surface area contributed by atoms with Crippen molar-refractivity contribution in [2.75, 3.05) is 10.5 Å². The molecule has 0 aliphatic rings. The van der Waals surface area contributed by atoms with Gasteiger partial charge in [-0.3, -0.25) is 4.72 Å². The van der Waals surface area contributed by atoms with Crippen LogP contribution < -0.4 is 10.5 Å². The molecule has 0 saturated carbocycles. The lowest BCUT2D eigenvalue weighted by Crippen LogP contribution is -2.16. The molecular formula is C14H15BrN2O2S. The van der Waals surface area contributed by atoms with Crippen molar-refractivity contribution in [3.8, 4) is 0 Å². The van der Waals surface area contributed by atoms with Crippen LogP contribution in [0.3, 0.4) is 0 Å². The van der Waals surface area contributed by atoms with Crippen molar-refractivity contribution in [1.29, 1.82) is 0 Å². The number of halogens is 1. The molecule has 2 aromatic carbocycles. The van der Waals surface area contributed by atoms with Crippen molar-refractivity contribution in [1.82, 2.24) is 0 Å². The summed E-state index contributed by atoms with van der Waals surface area (Å²) in [7, 11) is -3.70. The minimum Gasteiger partial charge on any atom is -0.398 e. The van der Waals surface area contributed by atoms with Gasteiger partial charge in [-0.15, -0.1) is 0 Å². The van der Waals surface area contributed by atoms with Gasteiger partial charge in [-0.05, 0) is 43.2 Å². The lowest BCUT2D eigenvalue weighted by atomic mass is 10.1. The van der Waals surface area contributed by atoms with Gasteiger partial charge in [0, 0.05) is 4.47 Å². The van der Waals surface area contributed by atoms with Gasteiger partial charge < -0.3 is 5.73 Å². The van der Waals surface area contributed by atoms with Crippen LogP contribution in [0.15, 0.2) is 45.8 Å². The molecule has 0 spiro atoms. The van der Waals surface area contributed by atoms with Gasteiger partial charge in [-0.25, -0.2) is 8.42 Å². The first kappa shape index (κ1) is 14.9. The lowest BCUT2D eigenvalue weighted by molar-refractivity contribution is 0.601. The van der Waals surface area contributed by atoms with Crippen molar-refractivity contribution in [3.63, 3.8) is 0 Å². The van der Waals surface area contributed by atoms with Crippen LogP contribution in [0.5, 0.6) is 0 Å². The zero-order valence-corrected chi connectivity index (χ0v) is 13.5. The molecule has 20 heavy (non-hydrogen) atoms. The predicted molar refractivity (Wildman–Crippen MR) is 85.3 cm³/mol. The van der Waals surface area contributed by atoms with Gasteiger partial charge in [0.25, 0.3) is 10.0 Å². The number of benzene rings is 2. The van der Waals surface area contributed by atoms with E-state index in [0.29, 0.717) is 5.69 Å². The van der Waals surface area contributed by atoms with E-state index < -0.39 is 10.0 Å². The van der Waals surface area contributed by atoms with Crippen LogP contribution in [0.25, 0.3) is 0 Å². The van der Waals surface area contributed by atoms with Gasteiger partial charge in [0.2, 0.25) is 0 Å².